The molecule has 1 aromatic heterocycles. The van der Waals surface area contributed by atoms with Gasteiger partial charge in [-0.2, -0.15) is 4.73 Å². The highest BCUT2D eigenvalue weighted by Crippen LogP contribution is 2.35. The fraction of sp³-hybridized carbons (Fsp3) is 0.154. The SMILES string of the molecule is CC(Sc1cccc[n+]1[O-])c1c(F)cccc1F. The minimum Gasteiger partial charge on any atom is -0.618 e. The van der Waals surface area contributed by atoms with Crippen molar-refractivity contribution in [1.82, 2.24) is 0 Å². The van der Waals surface area contributed by atoms with Crippen molar-refractivity contribution in [3.63, 3.8) is 0 Å². The van der Waals surface area contributed by atoms with E-state index in [4.69, 9.17) is 0 Å². The molecule has 0 spiro atoms. The fourth-order valence-electron chi connectivity index (χ4n) is 1.64. The molecule has 0 fully saturated rings. The number of hydrogen-bond acceptors (Lipinski definition) is 2. The predicted molar refractivity (Wildman–Crippen MR) is 66.0 cm³/mol. The van der Waals surface area contributed by atoms with Gasteiger partial charge in [0, 0.05) is 22.9 Å². The van der Waals surface area contributed by atoms with Gasteiger partial charge in [-0.3, -0.25) is 0 Å². The summed E-state index contributed by atoms with van der Waals surface area (Å²) >= 11 is 1.12. The van der Waals surface area contributed by atoms with E-state index < -0.39 is 16.9 Å². The molecule has 0 aliphatic heterocycles. The van der Waals surface area contributed by atoms with Crippen LogP contribution in [0.4, 0.5) is 8.78 Å². The van der Waals surface area contributed by atoms with Gasteiger partial charge in [0.25, 0.3) is 5.03 Å². The fourth-order valence-corrected chi connectivity index (χ4v) is 2.67. The van der Waals surface area contributed by atoms with Gasteiger partial charge in [0.05, 0.1) is 0 Å². The first-order valence-corrected chi connectivity index (χ1v) is 6.26. The largest absolute Gasteiger partial charge is 0.618 e. The second kappa shape index (κ2) is 5.35. The zero-order valence-electron chi connectivity index (χ0n) is 9.64. The van der Waals surface area contributed by atoms with Gasteiger partial charge >= 0.3 is 0 Å². The Hall–Kier alpha value is -1.62. The number of pyridine rings is 1. The second-order valence-corrected chi connectivity index (χ2v) is 5.12. The Morgan fingerprint density at radius 1 is 1.11 bits per heavy atom. The monoisotopic (exact) mass is 267 g/mol. The number of halogens is 2. The predicted octanol–water partition coefficient (Wildman–Crippen LogP) is 3.45. The van der Waals surface area contributed by atoms with Crippen LogP contribution in [0.15, 0.2) is 47.6 Å². The molecule has 5 heteroatoms. The first kappa shape index (κ1) is 12.8. The molecule has 0 saturated carbocycles. The van der Waals surface area contributed by atoms with Gasteiger partial charge in [-0.15, -0.1) is 0 Å². The van der Waals surface area contributed by atoms with Gasteiger partial charge in [0.1, 0.15) is 11.6 Å². The molecule has 2 aromatic rings. The highest BCUT2D eigenvalue weighted by atomic mass is 32.2. The second-order valence-electron chi connectivity index (χ2n) is 3.76. The highest BCUT2D eigenvalue weighted by Gasteiger charge is 2.19. The van der Waals surface area contributed by atoms with E-state index in [-0.39, 0.29) is 5.56 Å². The van der Waals surface area contributed by atoms with Crippen molar-refractivity contribution in [3.8, 4) is 0 Å². The normalized spacial score (nSPS) is 12.4. The summed E-state index contributed by atoms with van der Waals surface area (Å²) in [7, 11) is 0. The molecule has 1 atom stereocenters. The number of benzene rings is 1. The molecule has 1 heterocycles. The number of aromatic nitrogens is 1. The molecule has 2 rings (SSSR count). The van der Waals surface area contributed by atoms with Crippen LogP contribution in [-0.4, -0.2) is 0 Å². The van der Waals surface area contributed by atoms with Crippen LogP contribution in [0.25, 0.3) is 0 Å². The Labute approximate surface area is 108 Å². The van der Waals surface area contributed by atoms with Crippen molar-refractivity contribution in [2.24, 2.45) is 0 Å². The average molecular weight is 267 g/mol. The van der Waals surface area contributed by atoms with Gasteiger partial charge < -0.3 is 5.21 Å². The van der Waals surface area contributed by atoms with E-state index in [1.54, 1.807) is 25.1 Å². The third kappa shape index (κ3) is 2.61. The van der Waals surface area contributed by atoms with Crippen LogP contribution < -0.4 is 4.73 Å². The Morgan fingerprint density at radius 2 is 1.78 bits per heavy atom. The summed E-state index contributed by atoms with van der Waals surface area (Å²) in [4.78, 5) is 0. The molecule has 0 aliphatic rings. The lowest BCUT2D eigenvalue weighted by Crippen LogP contribution is -2.27. The summed E-state index contributed by atoms with van der Waals surface area (Å²) in [6, 6.07) is 8.68. The summed E-state index contributed by atoms with van der Waals surface area (Å²) < 4.78 is 27.8. The third-order valence-corrected chi connectivity index (χ3v) is 3.64. The molecule has 0 radical (unpaired) electrons. The van der Waals surface area contributed by atoms with Gasteiger partial charge in [0.2, 0.25) is 0 Å². The van der Waals surface area contributed by atoms with Crippen molar-refractivity contribution < 1.29 is 13.5 Å². The number of hydrogen-bond donors (Lipinski definition) is 0. The zero-order chi connectivity index (χ0) is 13.1. The molecular weight excluding hydrogens is 256 g/mol. The molecule has 0 aliphatic carbocycles. The Bertz CT molecular complexity index is 542. The van der Waals surface area contributed by atoms with Gasteiger partial charge in [-0.05, 0) is 36.9 Å². The molecular formula is C13H11F2NOS. The van der Waals surface area contributed by atoms with Crippen LogP contribution in [0.1, 0.15) is 17.7 Å². The summed E-state index contributed by atoms with van der Waals surface area (Å²) in [6.45, 7) is 1.67. The molecule has 0 amide bonds. The zero-order valence-corrected chi connectivity index (χ0v) is 10.5. The quantitative estimate of drug-likeness (QED) is 0.484. The van der Waals surface area contributed by atoms with Gasteiger partial charge in [-0.1, -0.05) is 6.07 Å². The molecule has 94 valence electrons. The summed E-state index contributed by atoms with van der Waals surface area (Å²) in [5.74, 6) is -1.19. The Balaban J connectivity index is 2.28. The van der Waals surface area contributed by atoms with Gasteiger partial charge in [-0.25, -0.2) is 8.78 Å². The molecule has 18 heavy (non-hydrogen) atoms. The maximum Gasteiger partial charge on any atom is 0.251 e. The maximum absolute atomic E-state index is 13.6. The van der Waals surface area contributed by atoms with E-state index >= 15 is 0 Å². The van der Waals surface area contributed by atoms with Crippen LogP contribution in [-0.2, 0) is 0 Å². The molecule has 2 nitrogen and oxygen atoms in total. The van der Waals surface area contributed by atoms with Crippen LogP contribution in [0, 0.1) is 16.8 Å². The van der Waals surface area contributed by atoms with Crippen molar-refractivity contribution in [2.75, 3.05) is 0 Å². The van der Waals surface area contributed by atoms with Crippen molar-refractivity contribution in [2.45, 2.75) is 17.2 Å². The maximum atomic E-state index is 13.6. The van der Waals surface area contributed by atoms with Crippen molar-refractivity contribution in [1.29, 1.82) is 0 Å². The average Bonchev–Trinajstić information content (AvgIpc) is 2.32. The lowest BCUT2D eigenvalue weighted by Gasteiger charge is -2.12. The van der Waals surface area contributed by atoms with E-state index in [2.05, 4.69) is 0 Å². The van der Waals surface area contributed by atoms with E-state index in [0.717, 1.165) is 11.8 Å². The van der Waals surface area contributed by atoms with Crippen LogP contribution in [0.5, 0.6) is 0 Å². The Kier molecular flexibility index (Phi) is 3.81. The smallest absolute Gasteiger partial charge is 0.251 e. The third-order valence-electron chi connectivity index (χ3n) is 2.49. The lowest BCUT2D eigenvalue weighted by atomic mass is 10.1. The standard InChI is InChI=1S/C13H11F2NOS/c1-9(13-10(14)5-4-6-11(13)15)18-12-7-2-3-8-16(12)17/h2-9H,1H3. The Morgan fingerprint density at radius 3 is 2.39 bits per heavy atom. The van der Waals surface area contributed by atoms with Crippen molar-refractivity contribution >= 4 is 11.8 Å². The minimum atomic E-state index is -0.594. The van der Waals surface area contributed by atoms with Crippen LogP contribution in [0.3, 0.4) is 0 Å². The van der Waals surface area contributed by atoms with Gasteiger partial charge in [0.15, 0.2) is 6.20 Å². The highest BCUT2D eigenvalue weighted by molar-refractivity contribution is 7.99. The number of nitrogens with zero attached hydrogens (tertiary/aromatic N) is 1. The summed E-state index contributed by atoms with van der Waals surface area (Å²) in [6.07, 6.45) is 1.35. The molecule has 1 unspecified atom stereocenters. The summed E-state index contributed by atoms with van der Waals surface area (Å²) in [5.41, 5.74) is -0.00801. The number of thioether (sulfide) groups is 1. The topological polar surface area (TPSA) is 26.9 Å². The van der Waals surface area contributed by atoms with E-state index in [9.17, 15) is 14.0 Å². The summed E-state index contributed by atoms with van der Waals surface area (Å²) in [5, 5.41) is 11.4. The van der Waals surface area contributed by atoms with E-state index in [1.165, 1.54) is 24.4 Å². The lowest BCUT2D eigenvalue weighted by molar-refractivity contribution is -0.645. The first-order chi connectivity index (χ1) is 8.59. The molecule has 0 N–H and O–H groups in total. The minimum absolute atomic E-state index is 0.00801. The molecule has 1 aromatic carbocycles. The van der Waals surface area contributed by atoms with Crippen molar-refractivity contribution in [3.05, 3.63) is 65.0 Å². The first-order valence-electron chi connectivity index (χ1n) is 5.38. The number of rotatable bonds is 3. The van der Waals surface area contributed by atoms with Crippen LogP contribution in [0.2, 0.25) is 0 Å². The van der Waals surface area contributed by atoms with E-state index in [1.807, 2.05) is 0 Å². The molecule has 0 saturated heterocycles. The van der Waals surface area contributed by atoms with E-state index in [0.29, 0.717) is 9.76 Å². The van der Waals surface area contributed by atoms with Crippen LogP contribution >= 0.6 is 11.8 Å². The molecule has 0 bridgehead atoms.